The van der Waals surface area contributed by atoms with E-state index in [4.69, 9.17) is 0 Å². The zero-order chi connectivity index (χ0) is 14.4. The van der Waals surface area contributed by atoms with Crippen LogP contribution in [0.5, 0.6) is 0 Å². The first-order chi connectivity index (χ1) is 9.65. The first kappa shape index (κ1) is 16.0. The van der Waals surface area contributed by atoms with Crippen molar-refractivity contribution in [2.24, 2.45) is 5.92 Å². The van der Waals surface area contributed by atoms with Crippen molar-refractivity contribution in [1.29, 1.82) is 0 Å². The van der Waals surface area contributed by atoms with Crippen molar-refractivity contribution in [2.75, 3.05) is 31.2 Å². The summed E-state index contributed by atoms with van der Waals surface area (Å²) in [6.45, 7) is 6.62. The van der Waals surface area contributed by atoms with Crippen molar-refractivity contribution < 1.29 is 0 Å². The lowest BCUT2D eigenvalue weighted by atomic mass is 10.0. The average Bonchev–Trinajstić information content (AvgIpc) is 2.87. The Morgan fingerprint density at radius 3 is 3.00 bits per heavy atom. The first-order valence-corrected chi connectivity index (χ1v) is 9.35. The monoisotopic (exact) mass is 314 g/mol. The topological polar surface area (TPSA) is 41.1 Å². The molecule has 1 saturated heterocycles. The number of hydrogen-bond donors (Lipinski definition) is 1. The van der Waals surface area contributed by atoms with Crippen LogP contribution in [0.2, 0.25) is 0 Å². The lowest BCUT2D eigenvalue weighted by Crippen LogP contribution is -2.36. The highest BCUT2D eigenvalue weighted by molar-refractivity contribution is 8.01. The van der Waals surface area contributed by atoms with E-state index < -0.39 is 0 Å². The Labute approximate surface area is 130 Å². The molecule has 1 aliphatic heterocycles. The minimum Gasteiger partial charge on any atom is -0.360 e. The van der Waals surface area contributed by atoms with Gasteiger partial charge in [0.15, 0.2) is 4.34 Å². The summed E-state index contributed by atoms with van der Waals surface area (Å²) in [5.74, 6) is 1.78. The molecule has 114 valence electrons. The number of anilines is 1. The van der Waals surface area contributed by atoms with Crippen LogP contribution in [0.1, 0.15) is 39.5 Å². The molecule has 1 N–H and O–H groups in total. The molecular formula is C14H26N4S2. The molecule has 0 aliphatic carbocycles. The summed E-state index contributed by atoms with van der Waals surface area (Å²) >= 11 is 3.53. The quantitative estimate of drug-likeness (QED) is 0.779. The highest BCUT2D eigenvalue weighted by atomic mass is 32.2. The third-order valence-electron chi connectivity index (χ3n) is 3.67. The van der Waals surface area contributed by atoms with E-state index in [9.17, 15) is 0 Å². The Morgan fingerprint density at radius 2 is 2.25 bits per heavy atom. The minimum atomic E-state index is 0.636. The van der Waals surface area contributed by atoms with E-state index >= 15 is 0 Å². The number of thioether (sulfide) groups is 1. The van der Waals surface area contributed by atoms with E-state index in [0.717, 1.165) is 27.8 Å². The Morgan fingerprint density at radius 1 is 1.40 bits per heavy atom. The molecule has 1 aliphatic rings. The van der Waals surface area contributed by atoms with Gasteiger partial charge in [-0.2, -0.15) is 0 Å². The minimum absolute atomic E-state index is 0.636. The zero-order valence-corrected chi connectivity index (χ0v) is 14.4. The predicted octanol–water partition coefficient (Wildman–Crippen LogP) is 3.57. The van der Waals surface area contributed by atoms with E-state index in [1.54, 1.807) is 11.3 Å². The predicted molar refractivity (Wildman–Crippen MR) is 88.8 cm³/mol. The molecule has 2 heterocycles. The van der Waals surface area contributed by atoms with Gasteiger partial charge < -0.3 is 10.2 Å². The molecule has 6 heteroatoms. The van der Waals surface area contributed by atoms with Crippen LogP contribution >= 0.6 is 23.1 Å². The van der Waals surface area contributed by atoms with Crippen molar-refractivity contribution in [1.82, 2.24) is 15.1 Å². The molecule has 0 bridgehead atoms. The van der Waals surface area contributed by atoms with Crippen LogP contribution in [0.4, 0.5) is 5.13 Å². The molecule has 0 spiro atoms. The maximum Gasteiger partial charge on any atom is 0.206 e. The number of hydrogen-bond acceptors (Lipinski definition) is 6. The zero-order valence-electron chi connectivity index (χ0n) is 12.8. The van der Waals surface area contributed by atoms with Gasteiger partial charge in [-0.1, -0.05) is 43.4 Å². The molecule has 1 aromatic rings. The SMILES string of the molecule is CC(C)CNc1nnc(SCCC2CCCCN2C)s1. The second-order valence-electron chi connectivity index (χ2n) is 5.92. The molecule has 4 nitrogen and oxygen atoms in total. The molecule has 0 radical (unpaired) electrons. The summed E-state index contributed by atoms with van der Waals surface area (Å²) in [5, 5.41) is 12.7. The van der Waals surface area contributed by atoms with Crippen LogP contribution in [0, 0.1) is 5.92 Å². The fourth-order valence-corrected chi connectivity index (χ4v) is 4.29. The highest BCUT2D eigenvalue weighted by Gasteiger charge is 2.18. The Bertz CT molecular complexity index is 394. The third kappa shape index (κ3) is 5.22. The van der Waals surface area contributed by atoms with Crippen molar-refractivity contribution in [3.05, 3.63) is 0 Å². The van der Waals surface area contributed by atoms with Crippen molar-refractivity contribution in [2.45, 2.75) is 49.9 Å². The highest BCUT2D eigenvalue weighted by Crippen LogP contribution is 2.28. The number of aromatic nitrogens is 2. The average molecular weight is 315 g/mol. The molecule has 2 rings (SSSR count). The van der Waals surface area contributed by atoms with Gasteiger partial charge in [0.05, 0.1) is 0 Å². The van der Waals surface area contributed by atoms with Crippen molar-refractivity contribution >= 4 is 28.2 Å². The summed E-state index contributed by atoms with van der Waals surface area (Å²) in [6.07, 6.45) is 5.37. The van der Waals surface area contributed by atoms with Crippen molar-refractivity contribution in [3.63, 3.8) is 0 Å². The van der Waals surface area contributed by atoms with E-state index in [-0.39, 0.29) is 0 Å². The van der Waals surface area contributed by atoms with Gasteiger partial charge in [0, 0.05) is 18.3 Å². The van der Waals surface area contributed by atoms with Crippen LogP contribution in [-0.2, 0) is 0 Å². The number of nitrogens with zero attached hydrogens (tertiary/aromatic N) is 3. The largest absolute Gasteiger partial charge is 0.360 e. The standard InChI is InChI=1S/C14H26N4S2/c1-11(2)10-15-13-16-17-14(20-13)19-9-7-12-6-4-5-8-18(12)3/h11-12H,4-10H2,1-3H3,(H,15,16). The Balaban J connectivity index is 1.68. The molecule has 1 unspecified atom stereocenters. The van der Waals surface area contributed by atoms with Gasteiger partial charge in [0.1, 0.15) is 0 Å². The lowest BCUT2D eigenvalue weighted by molar-refractivity contribution is 0.182. The molecule has 0 aromatic carbocycles. The van der Waals surface area contributed by atoms with E-state index in [1.807, 2.05) is 11.8 Å². The summed E-state index contributed by atoms with van der Waals surface area (Å²) in [7, 11) is 2.26. The van der Waals surface area contributed by atoms with Crippen LogP contribution in [0.25, 0.3) is 0 Å². The number of nitrogens with one attached hydrogen (secondary N) is 1. The van der Waals surface area contributed by atoms with Crippen molar-refractivity contribution in [3.8, 4) is 0 Å². The number of likely N-dealkylation sites (tertiary alicyclic amines) is 1. The van der Waals surface area contributed by atoms with Gasteiger partial charge >= 0.3 is 0 Å². The number of piperidine rings is 1. The molecular weight excluding hydrogens is 288 g/mol. The van der Waals surface area contributed by atoms with Gasteiger partial charge in [-0.15, -0.1) is 10.2 Å². The summed E-state index contributed by atoms with van der Waals surface area (Å²) in [6, 6.07) is 0.766. The Kier molecular flexibility index (Phi) is 6.58. The lowest BCUT2D eigenvalue weighted by Gasteiger charge is -2.32. The fraction of sp³-hybridized carbons (Fsp3) is 0.857. The van der Waals surface area contributed by atoms with Crippen LogP contribution < -0.4 is 5.32 Å². The second kappa shape index (κ2) is 8.20. The third-order valence-corrected chi connectivity index (χ3v) is 5.71. The first-order valence-electron chi connectivity index (χ1n) is 7.55. The maximum atomic E-state index is 4.25. The van der Waals surface area contributed by atoms with Crippen LogP contribution in [-0.4, -0.2) is 47.0 Å². The number of rotatable bonds is 7. The normalized spacial score (nSPS) is 20.5. The summed E-state index contributed by atoms with van der Waals surface area (Å²) < 4.78 is 1.09. The molecule has 1 aromatic heterocycles. The second-order valence-corrected chi connectivity index (χ2v) is 8.23. The summed E-state index contributed by atoms with van der Waals surface area (Å²) in [5.41, 5.74) is 0. The maximum absolute atomic E-state index is 4.25. The molecule has 1 fully saturated rings. The molecule has 0 amide bonds. The fourth-order valence-electron chi connectivity index (χ4n) is 2.42. The molecule has 20 heavy (non-hydrogen) atoms. The van der Waals surface area contributed by atoms with Crippen LogP contribution in [0.15, 0.2) is 4.34 Å². The Hall–Kier alpha value is -0.330. The van der Waals surface area contributed by atoms with E-state index in [0.29, 0.717) is 5.92 Å². The van der Waals surface area contributed by atoms with Gasteiger partial charge in [-0.05, 0) is 38.8 Å². The van der Waals surface area contributed by atoms with Gasteiger partial charge in [0.25, 0.3) is 0 Å². The van der Waals surface area contributed by atoms with Crippen LogP contribution in [0.3, 0.4) is 0 Å². The summed E-state index contributed by atoms with van der Waals surface area (Å²) in [4.78, 5) is 2.51. The van der Waals surface area contributed by atoms with Gasteiger partial charge in [-0.25, -0.2) is 0 Å². The van der Waals surface area contributed by atoms with E-state index in [1.165, 1.54) is 32.2 Å². The smallest absolute Gasteiger partial charge is 0.206 e. The molecule has 0 saturated carbocycles. The van der Waals surface area contributed by atoms with Gasteiger partial charge in [-0.3, -0.25) is 0 Å². The van der Waals surface area contributed by atoms with E-state index in [2.05, 4.69) is 41.3 Å². The van der Waals surface area contributed by atoms with Gasteiger partial charge in [0.2, 0.25) is 5.13 Å². The molecule has 1 atom stereocenters.